The van der Waals surface area contributed by atoms with Gasteiger partial charge in [0.1, 0.15) is 16.6 Å². The van der Waals surface area contributed by atoms with Gasteiger partial charge in [-0.15, -0.1) is 0 Å². The molecule has 0 fully saturated rings. The maximum absolute atomic E-state index is 11.7. The summed E-state index contributed by atoms with van der Waals surface area (Å²) in [4.78, 5) is 19.8. The Bertz CT molecular complexity index is 491. The van der Waals surface area contributed by atoms with Crippen molar-refractivity contribution in [2.24, 2.45) is 0 Å². The number of carbonyl (C=O) groups is 1. The van der Waals surface area contributed by atoms with Crippen LogP contribution in [-0.4, -0.2) is 46.5 Å². The fourth-order valence-corrected chi connectivity index (χ4v) is 1.68. The minimum absolute atomic E-state index is 0.201. The van der Waals surface area contributed by atoms with Crippen LogP contribution in [0.5, 0.6) is 5.88 Å². The van der Waals surface area contributed by atoms with E-state index in [-0.39, 0.29) is 18.2 Å². The van der Waals surface area contributed by atoms with Gasteiger partial charge in [-0.2, -0.15) is 4.98 Å². The van der Waals surface area contributed by atoms with E-state index < -0.39 is 17.7 Å². The standard InChI is InChI=1S/C13H20ClN3O4/c1-13(2,3)21-12(19)15-8(7-18)5-10-16-9(14)6-11(17-10)20-4/h6,8,18H,5,7H2,1-4H3,(H,15,19)/t8-/m1/s1. The van der Waals surface area contributed by atoms with Crippen molar-refractivity contribution in [3.8, 4) is 5.88 Å². The molecular formula is C13H20ClN3O4. The Morgan fingerprint density at radius 3 is 2.67 bits per heavy atom. The molecule has 1 aromatic heterocycles. The summed E-state index contributed by atoms with van der Waals surface area (Å²) in [5.41, 5.74) is -0.611. The number of aliphatic hydroxyl groups is 1. The summed E-state index contributed by atoms with van der Waals surface area (Å²) in [5, 5.41) is 12.1. The van der Waals surface area contributed by atoms with Gasteiger partial charge in [-0.25, -0.2) is 9.78 Å². The zero-order chi connectivity index (χ0) is 16.0. The van der Waals surface area contributed by atoms with E-state index in [4.69, 9.17) is 21.1 Å². The molecule has 0 saturated carbocycles. The Morgan fingerprint density at radius 2 is 2.14 bits per heavy atom. The summed E-state index contributed by atoms with van der Waals surface area (Å²) in [7, 11) is 1.46. The molecule has 0 aliphatic carbocycles. The van der Waals surface area contributed by atoms with Crippen LogP contribution < -0.4 is 10.1 Å². The Labute approximate surface area is 128 Å². The van der Waals surface area contributed by atoms with E-state index in [1.165, 1.54) is 13.2 Å². The number of methoxy groups -OCH3 is 1. The summed E-state index contributed by atoms with van der Waals surface area (Å²) in [5.74, 6) is 0.674. The number of ether oxygens (including phenoxy) is 2. The first-order valence-corrected chi connectivity index (χ1v) is 6.79. The minimum Gasteiger partial charge on any atom is -0.481 e. The molecule has 0 radical (unpaired) electrons. The SMILES string of the molecule is COc1cc(Cl)nc(C[C@H](CO)NC(=O)OC(C)(C)C)n1. The predicted molar refractivity (Wildman–Crippen MR) is 77.5 cm³/mol. The third-order valence-electron chi connectivity index (χ3n) is 2.30. The molecule has 0 saturated heterocycles. The molecule has 0 aliphatic heterocycles. The van der Waals surface area contributed by atoms with Crippen LogP contribution in [0, 0.1) is 0 Å². The van der Waals surface area contributed by atoms with Gasteiger partial charge in [0.15, 0.2) is 0 Å². The fourth-order valence-electron chi connectivity index (χ4n) is 1.49. The lowest BCUT2D eigenvalue weighted by Gasteiger charge is -2.22. The number of hydrogen-bond acceptors (Lipinski definition) is 6. The quantitative estimate of drug-likeness (QED) is 0.801. The number of rotatable bonds is 5. The molecule has 8 heteroatoms. The van der Waals surface area contributed by atoms with E-state index in [0.29, 0.717) is 11.7 Å². The van der Waals surface area contributed by atoms with Crippen molar-refractivity contribution >= 4 is 17.7 Å². The maximum atomic E-state index is 11.7. The fraction of sp³-hybridized carbons (Fsp3) is 0.615. The molecule has 0 aromatic carbocycles. The van der Waals surface area contributed by atoms with Gasteiger partial charge in [0.2, 0.25) is 5.88 Å². The largest absolute Gasteiger partial charge is 0.481 e. The third kappa shape index (κ3) is 6.59. The highest BCUT2D eigenvalue weighted by Gasteiger charge is 2.20. The van der Waals surface area contributed by atoms with Gasteiger partial charge < -0.3 is 19.9 Å². The molecule has 0 aliphatic rings. The number of alkyl carbamates (subject to hydrolysis) is 1. The molecule has 1 rings (SSSR count). The van der Waals surface area contributed by atoms with Crippen LogP contribution in [0.2, 0.25) is 5.15 Å². The average molecular weight is 318 g/mol. The highest BCUT2D eigenvalue weighted by atomic mass is 35.5. The number of hydrogen-bond donors (Lipinski definition) is 2. The van der Waals surface area contributed by atoms with Gasteiger partial charge >= 0.3 is 6.09 Å². The third-order valence-corrected chi connectivity index (χ3v) is 2.49. The van der Waals surface area contributed by atoms with E-state index in [9.17, 15) is 9.90 Å². The molecule has 21 heavy (non-hydrogen) atoms. The smallest absolute Gasteiger partial charge is 0.407 e. The average Bonchev–Trinajstić information content (AvgIpc) is 2.34. The first kappa shape index (κ1) is 17.5. The first-order chi connectivity index (χ1) is 9.73. The second-order valence-electron chi connectivity index (χ2n) is 5.38. The van der Waals surface area contributed by atoms with Crippen LogP contribution in [0.25, 0.3) is 0 Å². The zero-order valence-electron chi connectivity index (χ0n) is 12.5. The Hall–Kier alpha value is -1.60. The molecule has 0 unspecified atom stereocenters. The summed E-state index contributed by atoms with van der Waals surface area (Å²) in [6.07, 6.45) is -0.414. The highest BCUT2D eigenvalue weighted by molar-refractivity contribution is 6.29. The number of aromatic nitrogens is 2. The number of nitrogens with one attached hydrogen (secondary N) is 1. The minimum atomic E-state index is -0.615. The van der Waals surface area contributed by atoms with Crippen LogP contribution in [0.4, 0.5) is 4.79 Å². The number of aliphatic hydroxyl groups excluding tert-OH is 1. The Kier molecular flexibility index (Phi) is 6.17. The number of halogens is 1. The molecule has 1 heterocycles. The van der Waals surface area contributed by atoms with Crippen molar-refractivity contribution in [2.45, 2.75) is 38.8 Å². The second kappa shape index (κ2) is 7.42. The number of carbonyl (C=O) groups excluding carboxylic acids is 1. The lowest BCUT2D eigenvalue weighted by molar-refractivity contribution is 0.0482. The highest BCUT2D eigenvalue weighted by Crippen LogP contribution is 2.14. The molecule has 118 valence electrons. The van der Waals surface area contributed by atoms with Crippen molar-refractivity contribution in [1.82, 2.24) is 15.3 Å². The van der Waals surface area contributed by atoms with E-state index in [0.717, 1.165) is 0 Å². The molecule has 7 nitrogen and oxygen atoms in total. The van der Waals surface area contributed by atoms with Gasteiger partial charge in [-0.1, -0.05) is 11.6 Å². The van der Waals surface area contributed by atoms with Gasteiger partial charge in [-0.3, -0.25) is 0 Å². The maximum Gasteiger partial charge on any atom is 0.407 e. The lowest BCUT2D eigenvalue weighted by Crippen LogP contribution is -2.42. The summed E-state index contributed by atoms with van der Waals surface area (Å²) in [6, 6.07) is 0.892. The van der Waals surface area contributed by atoms with Gasteiger partial charge in [0, 0.05) is 12.5 Å². The summed E-state index contributed by atoms with van der Waals surface area (Å²) >= 11 is 5.84. The van der Waals surface area contributed by atoms with Crippen LogP contribution in [-0.2, 0) is 11.2 Å². The van der Waals surface area contributed by atoms with Gasteiger partial charge in [0.05, 0.1) is 19.8 Å². The predicted octanol–water partition coefficient (Wildman–Crippen LogP) is 1.57. The summed E-state index contributed by atoms with van der Waals surface area (Å²) < 4.78 is 10.1. The summed E-state index contributed by atoms with van der Waals surface area (Å²) in [6.45, 7) is 4.99. The van der Waals surface area contributed by atoms with Crippen LogP contribution in [0.1, 0.15) is 26.6 Å². The molecular weight excluding hydrogens is 298 g/mol. The number of nitrogens with zero attached hydrogens (tertiary/aromatic N) is 2. The van der Waals surface area contributed by atoms with E-state index in [1.54, 1.807) is 20.8 Å². The molecule has 2 N–H and O–H groups in total. The van der Waals surface area contributed by atoms with Crippen molar-refractivity contribution in [1.29, 1.82) is 0 Å². The lowest BCUT2D eigenvalue weighted by atomic mass is 10.2. The van der Waals surface area contributed by atoms with Crippen molar-refractivity contribution < 1.29 is 19.4 Å². The van der Waals surface area contributed by atoms with Crippen LogP contribution in [0.15, 0.2) is 6.07 Å². The zero-order valence-corrected chi connectivity index (χ0v) is 13.3. The van der Waals surface area contributed by atoms with E-state index in [1.807, 2.05) is 0 Å². The molecule has 0 bridgehead atoms. The Balaban J connectivity index is 2.70. The molecule has 1 atom stereocenters. The van der Waals surface area contributed by atoms with E-state index >= 15 is 0 Å². The van der Waals surface area contributed by atoms with Crippen LogP contribution >= 0.6 is 11.6 Å². The molecule has 1 aromatic rings. The second-order valence-corrected chi connectivity index (χ2v) is 5.77. The molecule has 1 amide bonds. The monoisotopic (exact) mass is 317 g/mol. The molecule has 0 spiro atoms. The van der Waals surface area contributed by atoms with Crippen LogP contribution in [0.3, 0.4) is 0 Å². The van der Waals surface area contributed by atoms with Crippen molar-refractivity contribution in [3.63, 3.8) is 0 Å². The topological polar surface area (TPSA) is 93.6 Å². The normalized spacial score (nSPS) is 12.7. The first-order valence-electron chi connectivity index (χ1n) is 6.41. The van der Waals surface area contributed by atoms with Crippen molar-refractivity contribution in [3.05, 3.63) is 17.0 Å². The van der Waals surface area contributed by atoms with E-state index in [2.05, 4.69) is 15.3 Å². The van der Waals surface area contributed by atoms with Gasteiger partial charge in [-0.05, 0) is 20.8 Å². The van der Waals surface area contributed by atoms with Gasteiger partial charge in [0.25, 0.3) is 0 Å². The number of amides is 1. The van der Waals surface area contributed by atoms with Crippen molar-refractivity contribution in [2.75, 3.05) is 13.7 Å². The Morgan fingerprint density at radius 1 is 1.48 bits per heavy atom.